The van der Waals surface area contributed by atoms with Gasteiger partial charge in [-0.05, 0) is 68.9 Å². The van der Waals surface area contributed by atoms with Crippen LogP contribution in [-0.4, -0.2) is 21.5 Å². The molecule has 0 unspecified atom stereocenters. The third kappa shape index (κ3) is 4.76. The second kappa shape index (κ2) is 9.29. The standard InChI is InChI=1S/C26H29N3O2/c1-18-24(19(2)29(28-18)23-10-4-3-5-11-23)17-27-26(31)15-14-25(30)22-13-12-20-8-6-7-9-21(20)16-22/h3-5,10-13,16H,6-9,14-15,17H2,1-2H3,(H,27,31). The first-order valence-electron chi connectivity index (χ1n) is 11.0. The van der Waals surface area contributed by atoms with Crippen molar-refractivity contribution in [2.45, 2.75) is 58.9 Å². The molecule has 0 radical (unpaired) electrons. The fourth-order valence-electron chi connectivity index (χ4n) is 4.31. The van der Waals surface area contributed by atoms with E-state index in [9.17, 15) is 9.59 Å². The molecule has 0 saturated carbocycles. The van der Waals surface area contributed by atoms with E-state index in [0.29, 0.717) is 6.54 Å². The molecule has 0 bridgehead atoms. The van der Waals surface area contributed by atoms with Gasteiger partial charge in [0.15, 0.2) is 5.78 Å². The van der Waals surface area contributed by atoms with E-state index < -0.39 is 0 Å². The van der Waals surface area contributed by atoms with Gasteiger partial charge in [0, 0.05) is 36.2 Å². The zero-order chi connectivity index (χ0) is 21.8. The summed E-state index contributed by atoms with van der Waals surface area (Å²) in [4.78, 5) is 25.0. The Morgan fingerprint density at radius 1 is 0.968 bits per heavy atom. The van der Waals surface area contributed by atoms with Gasteiger partial charge in [0.2, 0.25) is 5.91 Å². The van der Waals surface area contributed by atoms with Crippen molar-refractivity contribution in [1.82, 2.24) is 15.1 Å². The lowest BCUT2D eigenvalue weighted by molar-refractivity contribution is -0.121. The molecule has 1 heterocycles. The summed E-state index contributed by atoms with van der Waals surface area (Å²) in [6, 6.07) is 16.0. The highest BCUT2D eigenvalue weighted by atomic mass is 16.2. The molecule has 1 aromatic heterocycles. The Hall–Kier alpha value is -3.21. The largest absolute Gasteiger partial charge is 0.352 e. The number of ketones is 1. The van der Waals surface area contributed by atoms with Gasteiger partial charge < -0.3 is 5.32 Å². The second-order valence-corrected chi connectivity index (χ2v) is 8.29. The quantitative estimate of drug-likeness (QED) is 0.572. The van der Waals surface area contributed by atoms with Crippen LogP contribution in [0.15, 0.2) is 48.5 Å². The third-order valence-corrected chi connectivity index (χ3v) is 6.15. The van der Waals surface area contributed by atoms with E-state index in [1.54, 1.807) is 0 Å². The number of nitrogens with one attached hydrogen (secondary N) is 1. The van der Waals surface area contributed by atoms with Gasteiger partial charge in [-0.1, -0.05) is 30.3 Å². The van der Waals surface area contributed by atoms with Crippen LogP contribution in [-0.2, 0) is 24.2 Å². The number of hydrogen-bond donors (Lipinski definition) is 1. The number of para-hydroxylation sites is 1. The SMILES string of the molecule is Cc1nn(-c2ccccc2)c(C)c1CNC(=O)CCC(=O)c1ccc2c(c1)CCCC2. The summed E-state index contributed by atoms with van der Waals surface area (Å²) < 4.78 is 1.90. The van der Waals surface area contributed by atoms with Crippen LogP contribution in [0.1, 0.15) is 64.1 Å². The fourth-order valence-corrected chi connectivity index (χ4v) is 4.31. The van der Waals surface area contributed by atoms with Crippen LogP contribution >= 0.6 is 0 Å². The van der Waals surface area contributed by atoms with Crippen molar-refractivity contribution in [1.29, 1.82) is 0 Å². The molecule has 1 amide bonds. The van der Waals surface area contributed by atoms with Gasteiger partial charge in [0.25, 0.3) is 0 Å². The predicted octanol–water partition coefficient (Wildman–Crippen LogP) is 4.65. The van der Waals surface area contributed by atoms with E-state index in [1.807, 2.05) is 61.0 Å². The van der Waals surface area contributed by atoms with Gasteiger partial charge in [-0.25, -0.2) is 4.68 Å². The van der Waals surface area contributed by atoms with Crippen molar-refractivity contribution >= 4 is 11.7 Å². The molecule has 1 aliphatic rings. The van der Waals surface area contributed by atoms with E-state index in [-0.39, 0.29) is 24.5 Å². The van der Waals surface area contributed by atoms with E-state index in [0.717, 1.165) is 41.0 Å². The van der Waals surface area contributed by atoms with Crippen molar-refractivity contribution in [2.75, 3.05) is 0 Å². The average Bonchev–Trinajstić information content (AvgIpc) is 3.09. The van der Waals surface area contributed by atoms with Crippen molar-refractivity contribution in [3.8, 4) is 5.69 Å². The highest BCUT2D eigenvalue weighted by Gasteiger charge is 2.16. The number of benzene rings is 2. The first-order chi connectivity index (χ1) is 15.0. The Labute approximate surface area is 183 Å². The second-order valence-electron chi connectivity index (χ2n) is 8.29. The van der Waals surface area contributed by atoms with Gasteiger partial charge >= 0.3 is 0 Å². The average molecular weight is 416 g/mol. The summed E-state index contributed by atoms with van der Waals surface area (Å²) in [5, 5.41) is 7.58. The molecule has 5 heteroatoms. The van der Waals surface area contributed by atoms with Crippen LogP contribution < -0.4 is 5.32 Å². The van der Waals surface area contributed by atoms with Crippen molar-refractivity contribution in [3.05, 3.63) is 82.2 Å². The number of carbonyl (C=O) groups is 2. The van der Waals surface area contributed by atoms with Crippen LogP contribution in [0, 0.1) is 13.8 Å². The first-order valence-corrected chi connectivity index (χ1v) is 11.0. The lowest BCUT2D eigenvalue weighted by Gasteiger charge is -2.16. The molecule has 31 heavy (non-hydrogen) atoms. The Bertz CT molecular complexity index is 1100. The molecular weight excluding hydrogens is 386 g/mol. The maximum Gasteiger partial charge on any atom is 0.220 e. The smallest absolute Gasteiger partial charge is 0.220 e. The van der Waals surface area contributed by atoms with Gasteiger partial charge in [-0.3, -0.25) is 9.59 Å². The molecule has 4 rings (SSSR count). The van der Waals surface area contributed by atoms with Crippen LogP contribution in [0.2, 0.25) is 0 Å². The number of rotatable bonds is 7. The lowest BCUT2D eigenvalue weighted by atomic mass is 9.89. The minimum absolute atomic E-state index is 0.0350. The Morgan fingerprint density at radius 3 is 2.48 bits per heavy atom. The van der Waals surface area contributed by atoms with Crippen molar-refractivity contribution in [3.63, 3.8) is 0 Å². The van der Waals surface area contributed by atoms with Crippen molar-refractivity contribution in [2.24, 2.45) is 0 Å². The van der Waals surface area contributed by atoms with Crippen molar-refractivity contribution < 1.29 is 9.59 Å². The number of hydrogen-bond acceptors (Lipinski definition) is 3. The third-order valence-electron chi connectivity index (χ3n) is 6.15. The van der Waals surface area contributed by atoms with Crippen LogP contribution in [0.25, 0.3) is 5.69 Å². The van der Waals surface area contributed by atoms with Crippen LogP contribution in [0.5, 0.6) is 0 Å². The summed E-state index contributed by atoms with van der Waals surface area (Å²) in [5.41, 5.74) is 7.30. The molecule has 0 fully saturated rings. The number of Topliss-reactive ketones (excluding diaryl/α,β-unsaturated/α-hetero) is 1. The molecule has 0 aliphatic heterocycles. The normalized spacial score (nSPS) is 13.0. The van der Waals surface area contributed by atoms with Gasteiger partial charge in [-0.2, -0.15) is 5.10 Å². The maximum absolute atomic E-state index is 12.6. The number of nitrogens with zero attached hydrogens (tertiary/aromatic N) is 2. The number of fused-ring (bicyclic) bond motifs is 1. The molecule has 0 spiro atoms. The topological polar surface area (TPSA) is 64.0 Å². The highest BCUT2D eigenvalue weighted by molar-refractivity contribution is 5.98. The summed E-state index contributed by atoms with van der Waals surface area (Å²) in [5.74, 6) is -0.0784. The summed E-state index contributed by atoms with van der Waals surface area (Å²) in [6.45, 7) is 4.37. The number of amides is 1. The van der Waals surface area contributed by atoms with E-state index >= 15 is 0 Å². The predicted molar refractivity (Wildman–Crippen MR) is 122 cm³/mol. The molecule has 1 N–H and O–H groups in total. The monoisotopic (exact) mass is 415 g/mol. The fraction of sp³-hybridized carbons (Fsp3) is 0.346. The molecule has 160 valence electrons. The Balaban J connectivity index is 1.33. The van der Waals surface area contributed by atoms with Gasteiger partial charge in [0.1, 0.15) is 0 Å². The molecule has 1 aliphatic carbocycles. The summed E-state index contributed by atoms with van der Waals surface area (Å²) in [7, 11) is 0. The van der Waals surface area contributed by atoms with E-state index in [4.69, 9.17) is 0 Å². The summed E-state index contributed by atoms with van der Waals surface area (Å²) >= 11 is 0. The maximum atomic E-state index is 12.6. The number of carbonyl (C=O) groups excluding carboxylic acids is 2. The molecule has 3 aromatic rings. The van der Waals surface area contributed by atoms with E-state index in [1.165, 1.54) is 24.0 Å². The Kier molecular flexibility index (Phi) is 6.31. The Morgan fingerprint density at radius 2 is 1.71 bits per heavy atom. The van der Waals surface area contributed by atoms with Gasteiger partial charge in [0.05, 0.1) is 11.4 Å². The minimum Gasteiger partial charge on any atom is -0.352 e. The molecular formula is C26H29N3O2. The minimum atomic E-state index is -0.113. The van der Waals surface area contributed by atoms with Crippen LogP contribution in [0.3, 0.4) is 0 Å². The molecule has 5 nitrogen and oxygen atoms in total. The number of aromatic nitrogens is 2. The molecule has 0 saturated heterocycles. The molecule has 0 atom stereocenters. The lowest BCUT2D eigenvalue weighted by Crippen LogP contribution is -2.24. The van der Waals surface area contributed by atoms with Gasteiger partial charge in [-0.15, -0.1) is 0 Å². The highest BCUT2D eigenvalue weighted by Crippen LogP contribution is 2.23. The zero-order valence-electron chi connectivity index (χ0n) is 18.3. The summed E-state index contributed by atoms with van der Waals surface area (Å²) in [6.07, 6.45) is 4.99. The van der Waals surface area contributed by atoms with Crippen LogP contribution in [0.4, 0.5) is 0 Å². The number of aryl methyl sites for hydroxylation is 3. The molecule has 2 aromatic carbocycles. The first kappa shape index (κ1) is 21.0. The zero-order valence-corrected chi connectivity index (χ0v) is 18.3. The van der Waals surface area contributed by atoms with E-state index in [2.05, 4.69) is 16.5 Å².